The molecule has 0 amide bonds. The lowest BCUT2D eigenvalue weighted by atomic mass is 9.90. The molecule has 2 heteroatoms. The number of hydrogen-bond donors (Lipinski definition) is 1. The third kappa shape index (κ3) is 2.37. The van der Waals surface area contributed by atoms with Gasteiger partial charge in [0.15, 0.2) is 5.58 Å². The first-order valence-electron chi connectivity index (χ1n) is 10.3. The van der Waals surface area contributed by atoms with Crippen molar-refractivity contribution in [3.05, 3.63) is 95.8 Å². The molecule has 0 saturated carbocycles. The van der Waals surface area contributed by atoms with Gasteiger partial charge in [0.1, 0.15) is 5.76 Å². The number of hydrogen-bond acceptors (Lipinski definition) is 2. The Kier molecular flexibility index (Phi) is 3.63. The minimum absolute atomic E-state index is 0.711. The van der Waals surface area contributed by atoms with Crippen molar-refractivity contribution in [1.82, 2.24) is 0 Å². The Hall–Kier alpha value is -3.78. The highest BCUT2D eigenvalue weighted by Gasteiger charge is 2.23. The summed E-state index contributed by atoms with van der Waals surface area (Å²) < 4.78 is 6.44. The highest BCUT2D eigenvalue weighted by Crippen LogP contribution is 2.46. The lowest BCUT2D eigenvalue weighted by Crippen LogP contribution is -1.94. The van der Waals surface area contributed by atoms with E-state index in [-0.39, 0.29) is 0 Å². The monoisotopic (exact) mass is 387 g/mol. The molecular formula is C28H21NO. The van der Waals surface area contributed by atoms with E-state index < -0.39 is 0 Å². The zero-order valence-electron chi connectivity index (χ0n) is 16.8. The number of rotatable bonds is 1. The van der Waals surface area contributed by atoms with Crippen molar-refractivity contribution in [2.24, 2.45) is 0 Å². The number of fused-ring (bicyclic) bond motifs is 6. The van der Waals surface area contributed by atoms with E-state index in [9.17, 15) is 0 Å². The third-order valence-electron chi connectivity index (χ3n) is 6.14. The standard InChI is InChI=1S/C28H21NO/c1-17-8-6-15-23-24(16-17)30-28-26(23)22-13-5-4-12-21(22)25(27(28)29)20-14-7-10-18-9-2-3-11-19(18)20/h2-15H,16,29H2,1H3. The van der Waals surface area contributed by atoms with Crippen LogP contribution in [0, 0.1) is 0 Å². The van der Waals surface area contributed by atoms with Gasteiger partial charge < -0.3 is 10.2 Å². The smallest absolute Gasteiger partial charge is 0.159 e. The molecule has 30 heavy (non-hydrogen) atoms. The maximum absolute atomic E-state index is 6.86. The number of anilines is 1. The van der Waals surface area contributed by atoms with Gasteiger partial charge in [0.05, 0.1) is 5.69 Å². The third-order valence-corrected chi connectivity index (χ3v) is 6.14. The van der Waals surface area contributed by atoms with E-state index in [2.05, 4.69) is 91.9 Å². The van der Waals surface area contributed by atoms with E-state index in [0.717, 1.165) is 45.2 Å². The number of furan rings is 1. The maximum Gasteiger partial charge on any atom is 0.159 e. The van der Waals surface area contributed by atoms with Crippen molar-refractivity contribution in [2.45, 2.75) is 13.3 Å². The van der Waals surface area contributed by atoms with E-state index in [1.807, 2.05) is 0 Å². The van der Waals surface area contributed by atoms with Gasteiger partial charge in [-0.15, -0.1) is 0 Å². The molecule has 1 aliphatic rings. The second-order valence-corrected chi connectivity index (χ2v) is 8.05. The van der Waals surface area contributed by atoms with E-state index in [4.69, 9.17) is 10.2 Å². The van der Waals surface area contributed by atoms with Crippen LogP contribution >= 0.6 is 0 Å². The highest BCUT2D eigenvalue weighted by molar-refractivity contribution is 6.23. The quantitative estimate of drug-likeness (QED) is 0.302. The molecular weight excluding hydrogens is 366 g/mol. The molecule has 0 spiro atoms. The van der Waals surface area contributed by atoms with Crippen LogP contribution < -0.4 is 5.73 Å². The van der Waals surface area contributed by atoms with Gasteiger partial charge in [0, 0.05) is 22.9 Å². The topological polar surface area (TPSA) is 39.2 Å². The molecule has 0 fully saturated rings. The van der Waals surface area contributed by atoms with Gasteiger partial charge in [-0.05, 0) is 34.0 Å². The Morgan fingerprint density at radius 3 is 2.43 bits per heavy atom. The first-order chi connectivity index (χ1) is 14.7. The van der Waals surface area contributed by atoms with Crippen LogP contribution in [0.15, 0.2) is 88.9 Å². The molecule has 0 saturated heterocycles. The maximum atomic E-state index is 6.86. The Balaban J connectivity index is 1.79. The summed E-state index contributed by atoms with van der Waals surface area (Å²) in [5.41, 5.74) is 13.0. The molecule has 1 aromatic heterocycles. The molecule has 0 unspecified atom stereocenters. The van der Waals surface area contributed by atoms with Crippen LogP contribution in [0.1, 0.15) is 18.2 Å². The number of benzene rings is 4. The summed E-state index contributed by atoms with van der Waals surface area (Å²) in [7, 11) is 0. The summed E-state index contributed by atoms with van der Waals surface area (Å²) in [6.45, 7) is 2.13. The summed E-state index contributed by atoms with van der Waals surface area (Å²) >= 11 is 0. The normalized spacial score (nSPS) is 13.6. The van der Waals surface area contributed by atoms with Crippen LogP contribution in [0.25, 0.3) is 49.7 Å². The molecule has 2 N–H and O–H groups in total. The Morgan fingerprint density at radius 1 is 0.833 bits per heavy atom. The van der Waals surface area contributed by atoms with Gasteiger partial charge in [-0.3, -0.25) is 0 Å². The van der Waals surface area contributed by atoms with Crippen LogP contribution in [0.3, 0.4) is 0 Å². The van der Waals surface area contributed by atoms with Crippen molar-refractivity contribution in [3.63, 3.8) is 0 Å². The predicted octanol–water partition coefficient (Wildman–Crippen LogP) is 7.50. The van der Waals surface area contributed by atoms with Gasteiger partial charge in [-0.1, -0.05) is 90.5 Å². The fraction of sp³-hybridized carbons (Fsp3) is 0.0714. The molecule has 4 aromatic carbocycles. The number of allylic oxidation sites excluding steroid dienone is 3. The molecule has 0 bridgehead atoms. The summed E-state index contributed by atoms with van der Waals surface area (Å²) in [6, 6.07) is 23.4. The molecule has 0 aliphatic heterocycles. The zero-order valence-corrected chi connectivity index (χ0v) is 16.8. The van der Waals surface area contributed by atoms with Crippen molar-refractivity contribution < 1.29 is 4.42 Å². The molecule has 5 aromatic rings. The minimum atomic E-state index is 0.711. The Bertz CT molecular complexity index is 1530. The first kappa shape index (κ1) is 17.1. The highest BCUT2D eigenvalue weighted by atomic mass is 16.3. The molecule has 0 radical (unpaired) electrons. The minimum Gasteiger partial charge on any atom is -0.458 e. The first-order valence-corrected chi connectivity index (χ1v) is 10.3. The molecule has 6 rings (SSSR count). The second kappa shape index (κ2) is 6.36. The average Bonchev–Trinajstić information content (AvgIpc) is 3.02. The molecule has 1 aliphatic carbocycles. The lowest BCUT2D eigenvalue weighted by Gasteiger charge is -2.14. The lowest BCUT2D eigenvalue weighted by molar-refractivity contribution is 0.561. The summed E-state index contributed by atoms with van der Waals surface area (Å²) in [4.78, 5) is 0. The fourth-order valence-electron chi connectivity index (χ4n) is 4.79. The molecule has 1 heterocycles. The van der Waals surface area contributed by atoms with Crippen molar-refractivity contribution in [3.8, 4) is 11.1 Å². The molecule has 2 nitrogen and oxygen atoms in total. The SMILES string of the molecule is CC1=CC=Cc2c(oc3c(N)c(-c4cccc5ccccc45)c4ccccc4c23)C1. The van der Waals surface area contributed by atoms with Crippen molar-refractivity contribution >= 4 is 44.3 Å². The summed E-state index contributed by atoms with van der Waals surface area (Å²) in [5, 5.41) is 5.85. The second-order valence-electron chi connectivity index (χ2n) is 8.05. The van der Waals surface area contributed by atoms with Crippen LogP contribution in [-0.2, 0) is 6.42 Å². The number of nitrogen functional groups attached to an aromatic ring is 1. The Morgan fingerprint density at radius 2 is 1.57 bits per heavy atom. The fourth-order valence-corrected chi connectivity index (χ4v) is 4.79. The largest absolute Gasteiger partial charge is 0.458 e. The van der Waals surface area contributed by atoms with Gasteiger partial charge in [-0.2, -0.15) is 0 Å². The number of nitrogens with two attached hydrogens (primary N) is 1. The molecule has 0 atom stereocenters. The van der Waals surface area contributed by atoms with Crippen LogP contribution in [0.5, 0.6) is 0 Å². The van der Waals surface area contributed by atoms with Gasteiger partial charge in [0.2, 0.25) is 0 Å². The van der Waals surface area contributed by atoms with Crippen LogP contribution in [-0.4, -0.2) is 0 Å². The van der Waals surface area contributed by atoms with Crippen LogP contribution in [0.4, 0.5) is 5.69 Å². The Labute approximate surface area is 174 Å². The summed E-state index contributed by atoms with van der Waals surface area (Å²) in [5.74, 6) is 0.986. The van der Waals surface area contributed by atoms with E-state index in [1.54, 1.807) is 0 Å². The zero-order chi connectivity index (χ0) is 20.2. The van der Waals surface area contributed by atoms with Gasteiger partial charge in [-0.25, -0.2) is 0 Å². The van der Waals surface area contributed by atoms with E-state index >= 15 is 0 Å². The van der Waals surface area contributed by atoms with E-state index in [1.165, 1.54) is 21.7 Å². The van der Waals surface area contributed by atoms with Gasteiger partial charge in [0.25, 0.3) is 0 Å². The average molecular weight is 387 g/mol. The van der Waals surface area contributed by atoms with Crippen molar-refractivity contribution in [1.29, 1.82) is 0 Å². The molecule has 144 valence electrons. The van der Waals surface area contributed by atoms with E-state index in [0.29, 0.717) is 5.69 Å². The predicted molar refractivity (Wildman–Crippen MR) is 128 cm³/mol. The van der Waals surface area contributed by atoms with Gasteiger partial charge >= 0.3 is 0 Å². The van der Waals surface area contributed by atoms with Crippen molar-refractivity contribution in [2.75, 3.05) is 5.73 Å². The summed E-state index contributed by atoms with van der Waals surface area (Å²) in [6.07, 6.45) is 7.21. The van der Waals surface area contributed by atoms with Crippen LogP contribution in [0.2, 0.25) is 0 Å².